The highest BCUT2D eigenvalue weighted by atomic mass is 16.5. The van der Waals surface area contributed by atoms with Gasteiger partial charge in [-0.1, -0.05) is 72.1 Å². The molecule has 0 aliphatic rings. The van der Waals surface area contributed by atoms with Gasteiger partial charge in [-0.25, -0.2) is 9.95 Å². The topological polar surface area (TPSA) is 46.0 Å². The molecule has 1 heterocycles. The van der Waals surface area contributed by atoms with Crippen LogP contribution in [0.15, 0.2) is 15.4 Å². The van der Waals surface area contributed by atoms with Crippen molar-refractivity contribution in [3.8, 4) is 0 Å². The van der Waals surface area contributed by atoms with Gasteiger partial charge in [-0.05, 0) is 12.8 Å². The first-order chi connectivity index (χ1) is 8.83. The summed E-state index contributed by atoms with van der Waals surface area (Å²) in [6.07, 6.45) is 14.3. The molecule has 0 radical (unpaired) electrons. The normalized spacial score (nSPS) is 10.4. The molecule has 0 spiro atoms. The van der Waals surface area contributed by atoms with Gasteiger partial charge in [0.05, 0.1) is 5.69 Å². The molecule has 0 amide bonds. The zero-order valence-electron chi connectivity index (χ0n) is 11.7. The van der Waals surface area contributed by atoms with Crippen LogP contribution < -0.4 is 5.63 Å². The Morgan fingerprint density at radius 3 is 1.95 bits per heavy atom. The van der Waals surface area contributed by atoms with Crippen molar-refractivity contribution < 1.29 is 4.52 Å². The van der Waals surface area contributed by atoms with Crippen LogP contribution in [-0.2, 0) is 6.42 Å². The Morgan fingerprint density at radius 1 is 0.947 bits per heavy atom. The fourth-order valence-corrected chi connectivity index (χ4v) is 2.24. The maximum absolute atomic E-state index is 10.8. The summed E-state index contributed by atoms with van der Waals surface area (Å²) in [5, 5.41) is 2.65. The Hall–Kier alpha value is -0.990. The number of H-pyrrole nitrogens is 1. The molecule has 1 aromatic heterocycles. The molecule has 0 unspecified atom stereocenters. The number of aromatic nitrogens is 1. The van der Waals surface area contributed by atoms with Crippen molar-refractivity contribution in [3.05, 3.63) is 22.2 Å². The van der Waals surface area contributed by atoms with Crippen molar-refractivity contribution in [2.24, 2.45) is 0 Å². The van der Waals surface area contributed by atoms with Crippen LogP contribution in [0.4, 0.5) is 0 Å². The lowest BCUT2D eigenvalue weighted by molar-refractivity contribution is 0.384. The maximum Gasteiger partial charge on any atom is 0.357 e. The fraction of sp³-hybridized carbons (Fsp3) is 0.812. The first-order valence-corrected chi connectivity index (χ1v) is 7.50. The number of unbranched alkanes of at least 4 members (excludes halogenated alkanes) is 9. The van der Waals surface area contributed by atoms with Crippen molar-refractivity contribution in [2.75, 3.05) is 0 Å². The second kappa shape index (κ2) is 12.1. The van der Waals surface area contributed by atoms with Crippen LogP contribution in [0.3, 0.4) is 0 Å². The minimum absolute atomic E-state index is 0. The molecule has 112 valence electrons. The van der Waals surface area contributed by atoms with Gasteiger partial charge in [0.15, 0.2) is 0 Å². The molecule has 3 nitrogen and oxygen atoms in total. The largest absolute Gasteiger partial charge is 0.357 e. The quantitative estimate of drug-likeness (QED) is 0.570. The molecule has 0 fully saturated rings. The minimum Gasteiger partial charge on any atom is -0.339 e. The van der Waals surface area contributed by atoms with E-state index in [1.54, 1.807) is 6.07 Å². The zero-order chi connectivity index (χ0) is 13.1. The standard InChI is InChI=1S/C15H27NO2.CH4/c1-2-3-4-5-6-7-8-9-10-11-12-14-13-15(17)18-16-14;/h13,16H,2-12H2,1H3;1H4. The van der Waals surface area contributed by atoms with Gasteiger partial charge in [0.1, 0.15) is 0 Å². The number of aromatic amines is 1. The SMILES string of the molecule is C.CCCCCCCCCCCCc1cc(=O)o[nH]1. The molecular formula is C16H31NO2. The summed E-state index contributed by atoms with van der Waals surface area (Å²) in [5.41, 5.74) is 0.664. The summed E-state index contributed by atoms with van der Waals surface area (Å²) < 4.78 is 4.63. The molecule has 0 aliphatic heterocycles. The van der Waals surface area contributed by atoms with Gasteiger partial charge in [0, 0.05) is 6.07 Å². The van der Waals surface area contributed by atoms with Crippen LogP contribution in [-0.4, -0.2) is 5.16 Å². The summed E-state index contributed by atoms with van der Waals surface area (Å²) in [5.74, 6) is 0. The predicted octanol–water partition coefficient (Wildman–Crippen LogP) is 5.07. The van der Waals surface area contributed by atoms with E-state index in [9.17, 15) is 4.79 Å². The second-order valence-electron chi connectivity index (χ2n) is 5.12. The third-order valence-electron chi connectivity index (χ3n) is 3.37. The summed E-state index contributed by atoms with van der Waals surface area (Å²) >= 11 is 0. The Bertz CT molecular complexity index is 341. The van der Waals surface area contributed by atoms with Crippen LogP contribution in [0.1, 0.15) is 84.3 Å². The van der Waals surface area contributed by atoms with Gasteiger partial charge in [0.25, 0.3) is 0 Å². The maximum atomic E-state index is 10.8. The lowest BCUT2D eigenvalue weighted by Crippen LogP contribution is -1.88. The Labute approximate surface area is 117 Å². The monoisotopic (exact) mass is 269 g/mol. The highest BCUT2D eigenvalue weighted by Crippen LogP contribution is 2.11. The Morgan fingerprint density at radius 2 is 1.47 bits per heavy atom. The zero-order valence-corrected chi connectivity index (χ0v) is 11.7. The van der Waals surface area contributed by atoms with Gasteiger partial charge < -0.3 is 4.52 Å². The van der Waals surface area contributed by atoms with E-state index in [1.165, 1.54) is 57.8 Å². The number of rotatable bonds is 11. The first-order valence-electron chi connectivity index (χ1n) is 7.50. The molecular weight excluding hydrogens is 238 g/mol. The third-order valence-corrected chi connectivity index (χ3v) is 3.37. The second-order valence-corrected chi connectivity index (χ2v) is 5.12. The molecule has 1 aromatic rings. The van der Waals surface area contributed by atoms with Crippen molar-refractivity contribution >= 4 is 0 Å². The summed E-state index contributed by atoms with van der Waals surface area (Å²) in [7, 11) is 0. The van der Waals surface area contributed by atoms with Crippen molar-refractivity contribution in [1.29, 1.82) is 0 Å². The summed E-state index contributed by atoms with van der Waals surface area (Å²) in [6, 6.07) is 1.55. The van der Waals surface area contributed by atoms with E-state index in [-0.39, 0.29) is 13.1 Å². The van der Waals surface area contributed by atoms with E-state index in [1.807, 2.05) is 0 Å². The highest BCUT2D eigenvalue weighted by molar-refractivity contribution is 4.95. The van der Waals surface area contributed by atoms with E-state index < -0.39 is 0 Å². The number of hydrogen-bond acceptors (Lipinski definition) is 2. The minimum atomic E-state index is -0.267. The van der Waals surface area contributed by atoms with E-state index in [0.717, 1.165) is 18.5 Å². The van der Waals surface area contributed by atoms with Crippen LogP contribution in [0.25, 0.3) is 0 Å². The average molecular weight is 269 g/mol. The summed E-state index contributed by atoms with van der Waals surface area (Å²) in [6.45, 7) is 2.26. The van der Waals surface area contributed by atoms with Crippen molar-refractivity contribution in [1.82, 2.24) is 5.16 Å². The van der Waals surface area contributed by atoms with E-state index >= 15 is 0 Å². The molecule has 0 atom stereocenters. The van der Waals surface area contributed by atoms with E-state index in [2.05, 4.69) is 16.6 Å². The molecule has 0 bridgehead atoms. The molecule has 0 aromatic carbocycles. The first kappa shape index (κ1) is 18.0. The highest BCUT2D eigenvalue weighted by Gasteiger charge is 1.98. The number of nitrogens with one attached hydrogen (secondary N) is 1. The van der Waals surface area contributed by atoms with Gasteiger partial charge >= 0.3 is 5.63 Å². The third kappa shape index (κ3) is 9.57. The summed E-state index contributed by atoms with van der Waals surface area (Å²) in [4.78, 5) is 10.8. The lowest BCUT2D eigenvalue weighted by Gasteiger charge is -2.01. The molecule has 19 heavy (non-hydrogen) atoms. The van der Waals surface area contributed by atoms with Gasteiger partial charge in [-0.15, -0.1) is 0 Å². The molecule has 0 aliphatic carbocycles. The van der Waals surface area contributed by atoms with Gasteiger partial charge in [0.2, 0.25) is 0 Å². The number of hydrogen-bond donors (Lipinski definition) is 1. The van der Waals surface area contributed by atoms with Crippen LogP contribution in [0.5, 0.6) is 0 Å². The smallest absolute Gasteiger partial charge is 0.339 e. The number of aryl methyl sites for hydroxylation is 1. The average Bonchev–Trinajstić information content (AvgIpc) is 2.77. The lowest BCUT2D eigenvalue weighted by atomic mass is 10.1. The molecule has 1 rings (SSSR count). The van der Waals surface area contributed by atoms with Crippen LogP contribution >= 0.6 is 0 Å². The Balaban J connectivity index is 0.00000324. The van der Waals surface area contributed by atoms with E-state index in [0.29, 0.717) is 0 Å². The van der Waals surface area contributed by atoms with Gasteiger partial charge in [-0.2, -0.15) is 0 Å². The Kier molecular flexibility index (Phi) is 11.4. The van der Waals surface area contributed by atoms with Crippen molar-refractivity contribution in [2.45, 2.75) is 85.0 Å². The fourth-order valence-electron chi connectivity index (χ4n) is 2.24. The van der Waals surface area contributed by atoms with Gasteiger partial charge in [-0.3, -0.25) is 0 Å². The molecule has 0 saturated carbocycles. The van der Waals surface area contributed by atoms with Crippen molar-refractivity contribution in [3.63, 3.8) is 0 Å². The van der Waals surface area contributed by atoms with Crippen LogP contribution in [0.2, 0.25) is 0 Å². The predicted molar refractivity (Wildman–Crippen MR) is 81.6 cm³/mol. The van der Waals surface area contributed by atoms with E-state index in [4.69, 9.17) is 0 Å². The molecule has 0 saturated heterocycles. The van der Waals surface area contributed by atoms with Crippen LogP contribution in [0, 0.1) is 0 Å². The molecule has 1 N–H and O–H groups in total. The molecule has 3 heteroatoms.